The van der Waals surface area contributed by atoms with Crippen LogP contribution in [0.15, 0.2) is 218 Å². The molecule has 61 heavy (non-hydrogen) atoms. The summed E-state index contributed by atoms with van der Waals surface area (Å²) in [6, 6.07) is 76.7. The quantitative estimate of drug-likeness (QED) is 0.160. The van der Waals surface area contributed by atoms with Crippen LogP contribution in [0.5, 0.6) is 5.75 Å². The zero-order valence-corrected chi connectivity index (χ0v) is 33.9. The van der Waals surface area contributed by atoms with Crippen LogP contribution >= 0.6 is 0 Å². The topological polar surface area (TPSA) is 17.4 Å². The Hall–Kier alpha value is -7.62. The Kier molecular flexibility index (Phi) is 9.48. The molecule has 0 saturated heterocycles. The molecule has 11 rings (SSSR count). The van der Waals surface area contributed by atoms with Gasteiger partial charge in [0, 0.05) is 33.9 Å². The average molecular weight is 785 g/mol. The second-order valence-electron chi connectivity index (χ2n) is 15.9. The number of hydrogen-bond acceptors (Lipinski definition) is 2. The summed E-state index contributed by atoms with van der Waals surface area (Å²) in [4.78, 5) is 2.47. The van der Waals surface area contributed by atoms with E-state index in [9.17, 15) is 0 Å². The third kappa shape index (κ3) is 6.84. The number of allylic oxidation sites excluding steroid dienone is 1. The maximum absolute atomic E-state index is 6.95. The van der Waals surface area contributed by atoms with Crippen LogP contribution in [0.4, 0.5) is 11.4 Å². The standard InChI is InChI=1S/C58H44N2O/c1-4-14-41(15-5-1)44-24-32-49(33-25-44)59(50-34-26-45(27-35-50)42-16-6-2-7-17-42)55-39-31-48-21-11-13-23-56(48)61-40-53-57-52-22-12-10-20-47(52)30-38-54(57)60(58(53)55)51-36-28-46(29-37-51)43-18-8-3-9-19-43/h1-29,32-37,39H,30-31,38,40H2/b55-39+. The van der Waals surface area contributed by atoms with Gasteiger partial charge in [-0.15, -0.1) is 0 Å². The van der Waals surface area contributed by atoms with Crippen LogP contribution in [0, 0.1) is 0 Å². The molecule has 1 aromatic heterocycles. The Morgan fingerprint density at radius 3 is 1.48 bits per heavy atom. The molecule has 2 heterocycles. The van der Waals surface area contributed by atoms with E-state index in [1.807, 2.05) is 0 Å². The van der Waals surface area contributed by atoms with Crippen molar-refractivity contribution in [2.45, 2.75) is 25.9 Å². The summed E-state index contributed by atoms with van der Waals surface area (Å²) in [5.41, 5.74) is 20.4. The molecule has 8 aromatic carbocycles. The van der Waals surface area contributed by atoms with Crippen LogP contribution in [-0.4, -0.2) is 4.57 Å². The first-order chi connectivity index (χ1) is 30.3. The Balaban J connectivity index is 1.17. The molecule has 0 N–H and O–H groups in total. The normalized spacial score (nSPS) is 13.7. The van der Waals surface area contributed by atoms with Crippen molar-refractivity contribution in [2.75, 3.05) is 4.90 Å². The number of fused-ring (bicyclic) bond motifs is 6. The second kappa shape index (κ2) is 15.9. The molecule has 3 heteroatoms. The Morgan fingerprint density at radius 1 is 0.426 bits per heavy atom. The van der Waals surface area contributed by atoms with E-state index in [1.165, 1.54) is 61.3 Å². The largest absolute Gasteiger partial charge is 0.489 e. The fourth-order valence-corrected chi connectivity index (χ4v) is 9.35. The van der Waals surface area contributed by atoms with Gasteiger partial charge in [0.25, 0.3) is 0 Å². The fraction of sp³-hybridized carbons (Fsp3) is 0.0690. The zero-order chi connectivity index (χ0) is 40.5. The number of para-hydroxylation sites is 1. The van der Waals surface area contributed by atoms with E-state index in [0.29, 0.717) is 13.0 Å². The van der Waals surface area contributed by atoms with Gasteiger partial charge >= 0.3 is 0 Å². The van der Waals surface area contributed by atoms with Crippen molar-refractivity contribution in [1.29, 1.82) is 0 Å². The van der Waals surface area contributed by atoms with E-state index in [-0.39, 0.29) is 0 Å². The summed E-state index contributed by atoms with van der Waals surface area (Å²) < 4.78 is 9.51. The Bertz CT molecular complexity index is 2920. The lowest BCUT2D eigenvalue weighted by molar-refractivity contribution is 0.304. The number of hydrogen-bond donors (Lipinski definition) is 0. The predicted molar refractivity (Wildman–Crippen MR) is 252 cm³/mol. The third-order valence-electron chi connectivity index (χ3n) is 12.3. The molecule has 0 saturated carbocycles. The highest BCUT2D eigenvalue weighted by molar-refractivity contribution is 5.93. The molecule has 0 fully saturated rings. The van der Waals surface area contributed by atoms with Gasteiger partial charge in [0.05, 0.1) is 11.4 Å². The third-order valence-corrected chi connectivity index (χ3v) is 12.3. The molecule has 1 aliphatic carbocycles. The summed E-state index contributed by atoms with van der Waals surface area (Å²) >= 11 is 0. The first kappa shape index (κ1) is 36.5. The SMILES string of the molecule is C1=C(/N(c2ccc(-c3ccccc3)cc2)c2ccc(-c3ccccc3)cc2)c2c(c3c(n2-c2ccc(-c4ccccc4)cc2)CCc2ccccc2-3)COc2ccccc2C/1. The molecule has 0 spiro atoms. The second-order valence-corrected chi connectivity index (χ2v) is 15.9. The van der Waals surface area contributed by atoms with Crippen LogP contribution in [-0.2, 0) is 25.9 Å². The van der Waals surface area contributed by atoms with Gasteiger partial charge in [-0.2, -0.15) is 0 Å². The molecule has 0 amide bonds. The molecular formula is C58H44N2O. The number of benzene rings is 8. The molecule has 292 valence electrons. The van der Waals surface area contributed by atoms with Gasteiger partial charge in [0.1, 0.15) is 12.4 Å². The monoisotopic (exact) mass is 784 g/mol. The Morgan fingerprint density at radius 2 is 0.902 bits per heavy atom. The van der Waals surface area contributed by atoms with Crippen LogP contribution in [0.25, 0.3) is 55.9 Å². The number of rotatable bonds is 7. The molecule has 9 aromatic rings. The van der Waals surface area contributed by atoms with Gasteiger partial charge in [0.2, 0.25) is 0 Å². The highest BCUT2D eigenvalue weighted by Crippen LogP contribution is 2.47. The van der Waals surface area contributed by atoms with E-state index in [4.69, 9.17) is 4.74 Å². The summed E-state index contributed by atoms with van der Waals surface area (Å²) in [5, 5.41) is 0. The van der Waals surface area contributed by atoms with Crippen molar-refractivity contribution in [3.63, 3.8) is 0 Å². The molecule has 2 aliphatic rings. The van der Waals surface area contributed by atoms with E-state index < -0.39 is 0 Å². The van der Waals surface area contributed by atoms with Crippen molar-refractivity contribution in [3.05, 3.63) is 246 Å². The number of aryl methyl sites for hydroxylation is 1. The van der Waals surface area contributed by atoms with Crippen molar-refractivity contribution in [3.8, 4) is 55.9 Å². The molecule has 0 radical (unpaired) electrons. The highest BCUT2D eigenvalue weighted by atomic mass is 16.5. The minimum Gasteiger partial charge on any atom is -0.489 e. The first-order valence-corrected chi connectivity index (χ1v) is 21.3. The lowest BCUT2D eigenvalue weighted by Gasteiger charge is -2.30. The van der Waals surface area contributed by atoms with Crippen molar-refractivity contribution in [2.24, 2.45) is 0 Å². The molecule has 1 aliphatic heterocycles. The Labute approximate surface area is 358 Å². The minimum atomic E-state index is 0.434. The zero-order valence-electron chi connectivity index (χ0n) is 33.9. The van der Waals surface area contributed by atoms with E-state index in [1.54, 1.807) is 0 Å². The molecule has 0 bridgehead atoms. The van der Waals surface area contributed by atoms with Gasteiger partial charge in [0.15, 0.2) is 0 Å². The minimum absolute atomic E-state index is 0.434. The number of anilines is 2. The van der Waals surface area contributed by atoms with Crippen molar-refractivity contribution >= 4 is 17.1 Å². The van der Waals surface area contributed by atoms with Crippen molar-refractivity contribution < 1.29 is 4.74 Å². The number of ether oxygens (including phenoxy) is 1. The van der Waals surface area contributed by atoms with Crippen LogP contribution < -0.4 is 9.64 Å². The van der Waals surface area contributed by atoms with E-state index in [0.717, 1.165) is 52.6 Å². The van der Waals surface area contributed by atoms with Gasteiger partial charge in [-0.05, 0) is 112 Å². The molecule has 0 unspecified atom stereocenters. The lowest BCUT2D eigenvalue weighted by atomic mass is 9.87. The first-order valence-electron chi connectivity index (χ1n) is 21.3. The van der Waals surface area contributed by atoms with Gasteiger partial charge in [-0.1, -0.05) is 176 Å². The predicted octanol–water partition coefficient (Wildman–Crippen LogP) is 14.6. The van der Waals surface area contributed by atoms with Crippen LogP contribution in [0.1, 0.15) is 28.1 Å². The molecule has 0 atom stereocenters. The lowest BCUT2D eigenvalue weighted by Crippen LogP contribution is -2.20. The number of aromatic nitrogens is 1. The summed E-state index contributed by atoms with van der Waals surface area (Å²) in [6.45, 7) is 0.434. The van der Waals surface area contributed by atoms with Crippen LogP contribution in [0.2, 0.25) is 0 Å². The molecular weight excluding hydrogens is 741 g/mol. The van der Waals surface area contributed by atoms with Crippen LogP contribution in [0.3, 0.4) is 0 Å². The van der Waals surface area contributed by atoms with Gasteiger partial charge in [-0.3, -0.25) is 0 Å². The summed E-state index contributed by atoms with van der Waals surface area (Å²) in [6.07, 6.45) is 5.03. The van der Waals surface area contributed by atoms with E-state index >= 15 is 0 Å². The maximum atomic E-state index is 6.95. The van der Waals surface area contributed by atoms with Gasteiger partial charge in [-0.25, -0.2) is 0 Å². The van der Waals surface area contributed by atoms with Crippen molar-refractivity contribution in [1.82, 2.24) is 4.57 Å². The molecule has 3 nitrogen and oxygen atoms in total. The maximum Gasteiger partial charge on any atom is 0.123 e. The summed E-state index contributed by atoms with van der Waals surface area (Å²) in [7, 11) is 0. The summed E-state index contributed by atoms with van der Waals surface area (Å²) in [5.74, 6) is 0.926. The fourth-order valence-electron chi connectivity index (χ4n) is 9.35. The van der Waals surface area contributed by atoms with E-state index in [2.05, 4.69) is 228 Å². The highest BCUT2D eigenvalue weighted by Gasteiger charge is 2.33. The smallest absolute Gasteiger partial charge is 0.123 e. The van der Waals surface area contributed by atoms with Gasteiger partial charge < -0.3 is 14.2 Å². The average Bonchev–Trinajstić information content (AvgIpc) is 3.70. The number of nitrogens with zero attached hydrogens (tertiary/aromatic N) is 2.